The summed E-state index contributed by atoms with van der Waals surface area (Å²) < 4.78 is 10.8. The Labute approximate surface area is 127 Å². The van der Waals surface area contributed by atoms with Gasteiger partial charge in [-0.15, -0.1) is 12.3 Å². The maximum atomic E-state index is 12.0. The van der Waals surface area contributed by atoms with Gasteiger partial charge in [0.2, 0.25) is 0 Å². The van der Waals surface area contributed by atoms with Crippen molar-refractivity contribution in [1.82, 2.24) is 0 Å². The number of benzene rings is 1. The topological polar surface area (TPSA) is 35.5 Å². The minimum atomic E-state index is -0.183. The molecule has 2 unspecified atom stereocenters. The fourth-order valence-electron chi connectivity index (χ4n) is 2.26. The second-order valence-corrected chi connectivity index (χ2v) is 5.11. The van der Waals surface area contributed by atoms with E-state index in [-0.39, 0.29) is 18.0 Å². The minimum Gasteiger partial charge on any atom is -0.496 e. The van der Waals surface area contributed by atoms with Crippen molar-refractivity contribution in [2.24, 2.45) is 0 Å². The first-order chi connectivity index (χ1) is 10.1. The average Bonchev–Trinajstić information content (AvgIpc) is 2.51. The average molecular weight is 288 g/mol. The summed E-state index contributed by atoms with van der Waals surface area (Å²) in [4.78, 5) is 12.0. The standard InChI is InChI=1S/C18H24O3/c1-5-7-10-15(6-2)21-18(19)13-14(3)16-11-8-9-12-17(16)20-4/h1,8-9,11-12,14-15H,6-7,10,13H2,2-4H3. The third-order valence-corrected chi connectivity index (χ3v) is 3.51. The molecule has 3 nitrogen and oxygen atoms in total. The van der Waals surface area contributed by atoms with E-state index in [4.69, 9.17) is 15.9 Å². The zero-order chi connectivity index (χ0) is 15.7. The fraction of sp³-hybridized carbons (Fsp3) is 0.500. The van der Waals surface area contributed by atoms with Crippen LogP contribution in [0.3, 0.4) is 0 Å². The van der Waals surface area contributed by atoms with Crippen LogP contribution in [0, 0.1) is 12.3 Å². The van der Waals surface area contributed by atoms with Gasteiger partial charge in [0.15, 0.2) is 0 Å². The van der Waals surface area contributed by atoms with E-state index in [1.165, 1.54) is 0 Å². The summed E-state index contributed by atoms with van der Waals surface area (Å²) in [6.07, 6.45) is 7.65. The number of esters is 1. The zero-order valence-corrected chi connectivity index (χ0v) is 13.1. The van der Waals surface area contributed by atoms with Crippen molar-refractivity contribution in [3.8, 4) is 18.1 Å². The van der Waals surface area contributed by atoms with E-state index in [0.717, 1.165) is 24.2 Å². The first-order valence-corrected chi connectivity index (χ1v) is 7.38. The predicted octanol–water partition coefficient (Wildman–Crippen LogP) is 3.92. The van der Waals surface area contributed by atoms with Crippen molar-refractivity contribution < 1.29 is 14.3 Å². The van der Waals surface area contributed by atoms with Gasteiger partial charge in [-0.3, -0.25) is 4.79 Å². The Morgan fingerprint density at radius 1 is 1.38 bits per heavy atom. The Kier molecular flexibility index (Phi) is 7.39. The van der Waals surface area contributed by atoms with E-state index < -0.39 is 0 Å². The maximum Gasteiger partial charge on any atom is 0.306 e. The lowest BCUT2D eigenvalue weighted by Gasteiger charge is -2.18. The summed E-state index contributed by atoms with van der Waals surface area (Å²) >= 11 is 0. The molecule has 3 heteroatoms. The molecule has 0 N–H and O–H groups in total. The van der Waals surface area contributed by atoms with Crippen molar-refractivity contribution in [3.63, 3.8) is 0 Å². The molecular weight excluding hydrogens is 264 g/mol. The molecule has 0 aliphatic carbocycles. The first-order valence-electron chi connectivity index (χ1n) is 7.38. The summed E-state index contributed by atoms with van der Waals surface area (Å²) in [7, 11) is 1.64. The van der Waals surface area contributed by atoms with E-state index in [0.29, 0.717) is 12.8 Å². The molecule has 0 bridgehead atoms. The number of methoxy groups -OCH3 is 1. The summed E-state index contributed by atoms with van der Waals surface area (Å²) in [5, 5.41) is 0. The van der Waals surface area contributed by atoms with Gasteiger partial charge in [-0.2, -0.15) is 0 Å². The largest absolute Gasteiger partial charge is 0.496 e. The lowest BCUT2D eigenvalue weighted by molar-refractivity contribution is -0.149. The number of terminal acetylenes is 1. The fourth-order valence-corrected chi connectivity index (χ4v) is 2.26. The number of ether oxygens (including phenoxy) is 2. The van der Waals surface area contributed by atoms with Crippen molar-refractivity contribution >= 4 is 5.97 Å². The van der Waals surface area contributed by atoms with Crippen LogP contribution in [0.1, 0.15) is 51.0 Å². The van der Waals surface area contributed by atoms with Crippen LogP contribution in [0.2, 0.25) is 0 Å². The third kappa shape index (κ3) is 5.51. The molecule has 0 fully saturated rings. The number of rotatable bonds is 8. The first kappa shape index (κ1) is 17.1. The molecule has 0 heterocycles. The highest BCUT2D eigenvalue weighted by molar-refractivity contribution is 5.71. The summed E-state index contributed by atoms with van der Waals surface area (Å²) in [6, 6.07) is 7.74. The van der Waals surface area contributed by atoms with Gasteiger partial charge in [-0.1, -0.05) is 32.0 Å². The van der Waals surface area contributed by atoms with Crippen LogP contribution in [0.15, 0.2) is 24.3 Å². The SMILES string of the molecule is C#CCCC(CC)OC(=O)CC(C)c1ccccc1OC. The van der Waals surface area contributed by atoms with Crippen LogP contribution >= 0.6 is 0 Å². The molecule has 21 heavy (non-hydrogen) atoms. The summed E-state index contributed by atoms with van der Waals surface area (Å²) in [5.41, 5.74) is 1.02. The lowest BCUT2D eigenvalue weighted by atomic mass is 9.97. The summed E-state index contributed by atoms with van der Waals surface area (Å²) in [6.45, 7) is 4.00. The highest BCUT2D eigenvalue weighted by Crippen LogP contribution is 2.28. The number of hydrogen-bond acceptors (Lipinski definition) is 3. The molecule has 0 saturated heterocycles. The second-order valence-electron chi connectivity index (χ2n) is 5.11. The Balaban J connectivity index is 2.59. The van der Waals surface area contributed by atoms with E-state index in [1.807, 2.05) is 38.1 Å². The summed E-state index contributed by atoms with van der Waals surface area (Å²) in [5.74, 6) is 3.25. The Bertz CT molecular complexity index is 487. The molecule has 1 rings (SSSR count). The van der Waals surface area contributed by atoms with E-state index in [2.05, 4.69) is 5.92 Å². The molecule has 0 amide bonds. The van der Waals surface area contributed by atoms with Gasteiger partial charge in [0.25, 0.3) is 0 Å². The molecule has 0 aromatic heterocycles. The molecule has 0 aliphatic rings. The van der Waals surface area contributed by atoms with E-state index in [9.17, 15) is 4.79 Å². The number of para-hydroxylation sites is 1. The smallest absolute Gasteiger partial charge is 0.306 e. The van der Waals surface area contributed by atoms with Gasteiger partial charge in [0.05, 0.1) is 13.5 Å². The maximum absolute atomic E-state index is 12.0. The van der Waals surface area contributed by atoms with Crippen LogP contribution in [0.4, 0.5) is 0 Å². The molecule has 0 saturated carbocycles. The predicted molar refractivity (Wildman–Crippen MR) is 84.3 cm³/mol. The monoisotopic (exact) mass is 288 g/mol. The van der Waals surface area contributed by atoms with Crippen molar-refractivity contribution in [2.75, 3.05) is 7.11 Å². The second kappa shape index (κ2) is 9.07. The Morgan fingerprint density at radius 2 is 2.10 bits per heavy atom. The van der Waals surface area contributed by atoms with Gasteiger partial charge in [0.1, 0.15) is 11.9 Å². The molecule has 2 atom stereocenters. The van der Waals surface area contributed by atoms with Crippen LogP contribution in [-0.2, 0) is 9.53 Å². The zero-order valence-electron chi connectivity index (χ0n) is 13.1. The Morgan fingerprint density at radius 3 is 2.71 bits per heavy atom. The third-order valence-electron chi connectivity index (χ3n) is 3.51. The Hall–Kier alpha value is -1.95. The van der Waals surface area contributed by atoms with Crippen molar-refractivity contribution in [1.29, 1.82) is 0 Å². The molecular formula is C18H24O3. The van der Waals surface area contributed by atoms with Crippen LogP contribution in [0.5, 0.6) is 5.75 Å². The van der Waals surface area contributed by atoms with Gasteiger partial charge in [-0.25, -0.2) is 0 Å². The lowest BCUT2D eigenvalue weighted by Crippen LogP contribution is -2.18. The molecule has 1 aromatic carbocycles. The quantitative estimate of drug-likeness (QED) is 0.537. The van der Waals surface area contributed by atoms with Crippen LogP contribution in [-0.4, -0.2) is 19.2 Å². The van der Waals surface area contributed by atoms with E-state index >= 15 is 0 Å². The highest BCUT2D eigenvalue weighted by atomic mass is 16.5. The van der Waals surface area contributed by atoms with Gasteiger partial charge in [0, 0.05) is 6.42 Å². The van der Waals surface area contributed by atoms with Gasteiger partial charge < -0.3 is 9.47 Å². The van der Waals surface area contributed by atoms with Crippen LogP contribution in [0.25, 0.3) is 0 Å². The molecule has 114 valence electrons. The van der Waals surface area contributed by atoms with Gasteiger partial charge >= 0.3 is 5.97 Å². The normalized spacial score (nSPS) is 13.0. The number of carbonyl (C=O) groups is 1. The van der Waals surface area contributed by atoms with Gasteiger partial charge in [-0.05, 0) is 30.4 Å². The molecule has 0 spiro atoms. The number of hydrogen-bond donors (Lipinski definition) is 0. The number of carbonyl (C=O) groups excluding carboxylic acids is 1. The molecule has 1 aromatic rings. The van der Waals surface area contributed by atoms with Crippen molar-refractivity contribution in [3.05, 3.63) is 29.8 Å². The molecule has 0 aliphatic heterocycles. The minimum absolute atomic E-state index is 0.0544. The molecule has 0 radical (unpaired) electrons. The van der Waals surface area contributed by atoms with Crippen LogP contribution < -0.4 is 4.74 Å². The van der Waals surface area contributed by atoms with E-state index in [1.54, 1.807) is 7.11 Å². The van der Waals surface area contributed by atoms with Crippen molar-refractivity contribution in [2.45, 2.75) is 51.6 Å². The highest BCUT2D eigenvalue weighted by Gasteiger charge is 2.18.